The molecule has 0 saturated heterocycles. The normalized spacial score (nSPS) is 11.5. The molecule has 6 nitrogen and oxygen atoms in total. The Labute approximate surface area is 174 Å². The first-order valence-corrected chi connectivity index (χ1v) is 9.73. The van der Waals surface area contributed by atoms with E-state index in [9.17, 15) is 0 Å². The number of benzene rings is 1. The maximum Gasteiger partial charge on any atom is 0.191 e. The molecule has 2 heterocycles. The van der Waals surface area contributed by atoms with Gasteiger partial charge in [0, 0.05) is 41.7 Å². The molecular weight excluding hydrogens is 395 g/mol. The molecule has 0 aliphatic rings. The second kappa shape index (κ2) is 9.57. The SMILES string of the molecule is CCNC(=NCc1ccc(-n2ccnc2C)nc1)NCc1ccc(Cl)cc1Cl. The summed E-state index contributed by atoms with van der Waals surface area (Å²) in [6.07, 6.45) is 5.49. The lowest BCUT2D eigenvalue weighted by Gasteiger charge is -2.12. The third kappa shape index (κ3) is 5.24. The number of halogens is 2. The van der Waals surface area contributed by atoms with Gasteiger partial charge in [-0.2, -0.15) is 0 Å². The Balaban J connectivity index is 1.64. The molecule has 0 spiro atoms. The van der Waals surface area contributed by atoms with Crippen LogP contribution in [0.4, 0.5) is 0 Å². The van der Waals surface area contributed by atoms with Crippen LogP contribution in [0.1, 0.15) is 23.9 Å². The topological polar surface area (TPSA) is 67.1 Å². The largest absolute Gasteiger partial charge is 0.357 e. The van der Waals surface area contributed by atoms with E-state index in [1.54, 1.807) is 12.3 Å². The molecule has 2 N–H and O–H groups in total. The second-order valence-corrected chi connectivity index (χ2v) is 7.00. The fraction of sp³-hybridized carbons (Fsp3) is 0.250. The van der Waals surface area contributed by atoms with Crippen LogP contribution in [0.2, 0.25) is 10.0 Å². The zero-order valence-corrected chi connectivity index (χ0v) is 17.3. The number of hydrogen-bond donors (Lipinski definition) is 2. The molecule has 8 heteroatoms. The van der Waals surface area contributed by atoms with Gasteiger partial charge in [-0.3, -0.25) is 4.57 Å². The average Bonchev–Trinajstić information content (AvgIpc) is 3.11. The third-order valence-electron chi connectivity index (χ3n) is 4.11. The Kier molecular flexibility index (Phi) is 6.90. The van der Waals surface area contributed by atoms with E-state index in [0.29, 0.717) is 29.1 Å². The zero-order valence-electron chi connectivity index (χ0n) is 15.8. The summed E-state index contributed by atoms with van der Waals surface area (Å²) < 4.78 is 1.94. The first-order valence-electron chi connectivity index (χ1n) is 8.98. The molecule has 0 saturated carbocycles. The van der Waals surface area contributed by atoms with E-state index in [2.05, 4.69) is 25.6 Å². The van der Waals surface area contributed by atoms with Gasteiger partial charge in [0.05, 0.1) is 6.54 Å². The molecule has 2 aromatic heterocycles. The summed E-state index contributed by atoms with van der Waals surface area (Å²) in [5.74, 6) is 2.45. The van der Waals surface area contributed by atoms with Gasteiger partial charge < -0.3 is 10.6 Å². The van der Waals surface area contributed by atoms with Crippen molar-refractivity contribution in [3.63, 3.8) is 0 Å². The Morgan fingerprint density at radius 2 is 2.00 bits per heavy atom. The average molecular weight is 417 g/mol. The first kappa shape index (κ1) is 20.2. The lowest BCUT2D eigenvalue weighted by atomic mass is 10.2. The fourth-order valence-electron chi connectivity index (χ4n) is 2.63. The third-order valence-corrected chi connectivity index (χ3v) is 4.69. The molecule has 0 aliphatic carbocycles. The van der Waals surface area contributed by atoms with Crippen molar-refractivity contribution >= 4 is 29.2 Å². The van der Waals surface area contributed by atoms with Crippen LogP contribution >= 0.6 is 23.2 Å². The van der Waals surface area contributed by atoms with Crippen LogP contribution in [0, 0.1) is 6.92 Å². The van der Waals surface area contributed by atoms with Crippen LogP contribution in [0.15, 0.2) is 53.9 Å². The molecular formula is C20H22Cl2N6. The minimum absolute atomic E-state index is 0.514. The highest BCUT2D eigenvalue weighted by molar-refractivity contribution is 6.35. The molecule has 0 fully saturated rings. The lowest BCUT2D eigenvalue weighted by molar-refractivity contribution is 0.815. The highest BCUT2D eigenvalue weighted by Gasteiger charge is 2.05. The number of aliphatic imine (C=N–C) groups is 1. The number of hydrogen-bond acceptors (Lipinski definition) is 3. The molecule has 0 bridgehead atoms. The molecule has 0 unspecified atom stereocenters. The number of nitrogens with one attached hydrogen (secondary N) is 2. The van der Waals surface area contributed by atoms with Gasteiger partial charge in [0.25, 0.3) is 0 Å². The van der Waals surface area contributed by atoms with Crippen LogP contribution in [-0.2, 0) is 13.1 Å². The van der Waals surface area contributed by atoms with Crippen molar-refractivity contribution in [3.8, 4) is 5.82 Å². The van der Waals surface area contributed by atoms with Crippen LogP contribution in [-0.4, -0.2) is 27.0 Å². The Morgan fingerprint density at radius 1 is 1.14 bits per heavy atom. The summed E-state index contributed by atoms with van der Waals surface area (Å²) in [6.45, 7) is 5.80. The van der Waals surface area contributed by atoms with E-state index in [4.69, 9.17) is 23.2 Å². The molecule has 0 atom stereocenters. The number of imidazole rings is 1. The Morgan fingerprint density at radius 3 is 2.64 bits per heavy atom. The maximum absolute atomic E-state index is 6.23. The predicted molar refractivity (Wildman–Crippen MR) is 114 cm³/mol. The minimum Gasteiger partial charge on any atom is -0.357 e. The van der Waals surface area contributed by atoms with E-state index in [1.807, 2.05) is 55.1 Å². The predicted octanol–water partition coefficient (Wildman–Crippen LogP) is 4.14. The van der Waals surface area contributed by atoms with Crippen LogP contribution in [0.25, 0.3) is 5.82 Å². The quantitative estimate of drug-likeness (QED) is 0.468. The van der Waals surface area contributed by atoms with E-state index in [1.165, 1.54) is 0 Å². The Hall–Kier alpha value is -2.57. The molecule has 28 heavy (non-hydrogen) atoms. The van der Waals surface area contributed by atoms with Gasteiger partial charge in [0.1, 0.15) is 11.6 Å². The highest BCUT2D eigenvalue weighted by atomic mass is 35.5. The van der Waals surface area contributed by atoms with Gasteiger partial charge >= 0.3 is 0 Å². The van der Waals surface area contributed by atoms with Crippen molar-refractivity contribution in [2.24, 2.45) is 4.99 Å². The number of aryl methyl sites for hydroxylation is 1. The molecule has 0 amide bonds. The molecule has 146 valence electrons. The first-order chi connectivity index (χ1) is 13.6. The zero-order chi connectivity index (χ0) is 19.9. The summed E-state index contributed by atoms with van der Waals surface area (Å²) in [6, 6.07) is 9.45. The molecule has 3 rings (SSSR count). The fourth-order valence-corrected chi connectivity index (χ4v) is 3.10. The van der Waals surface area contributed by atoms with E-state index in [0.717, 1.165) is 29.3 Å². The van der Waals surface area contributed by atoms with Crippen LogP contribution in [0.5, 0.6) is 0 Å². The van der Waals surface area contributed by atoms with Gasteiger partial charge in [-0.15, -0.1) is 0 Å². The number of nitrogens with zero attached hydrogens (tertiary/aromatic N) is 4. The van der Waals surface area contributed by atoms with Crippen LogP contribution < -0.4 is 10.6 Å². The van der Waals surface area contributed by atoms with E-state index in [-0.39, 0.29) is 0 Å². The van der Waals surface area contributed by atoms with E-state index >= 15 is 0 Å². The maximum atomic E-state index is 6.23. The van der Waals surface area contributed by atoms with Crippen molar-refractivity contribution in [1.29, 1.82) is 0 Å². The molecule has 0 aliphatic heterocycles. The summed E-state index contributed by atoms with van der Waals surface area (Å²) in [5, 5.41) is 7.77. The van der Waals surface area contributed by atoms with E-state index < -0.39 is 0 Å². The Bertz CT molecular complexity index is 950. The van der Waals surface area contributed by atoms with Gasteiger partial charge in [-0.25, -0.2) is 15.0 Å². The van der Waals surface area contributed by atoms with Crippen molar-refractivity contribution in [3.05, 3.63) is 75.9 Å². The molecule has 3 aromatic rings. The van der Waals surface area contributed by atoms with Gasteiger partial charge in [0.15, 0.2) is 5.96 Å². The lowest BCUT2D eigenvalue weighted by Crippen LogP contribution is -2.36. The molecule has 1 aromatic carbocycles. The van der Waals surface area contributed by atoms with Crippen molar-refractivity contribution in [2.75, 3.05) is 6.54 Å². The van der Waals surface area contributed by atoms with Gasteiger partial charge in [-0.05, 0) is 43.2 Å². The highest BCUT2D eigenvalue weighted by Crippen LogP contribution is 2.20. The molecule has 0 radical (unpaired) electrons. The van der Waals surface area contributed by atoms with Crippen molar-refractivity contribution in [1.82, 2.24) is 25.2 Å². The number of aromatic nitrogens is 3. The van der Waals surface area contributed by atoms with Gasteiger partial charge in [-0.1, -0.05) is 35.3 Å². The monoisotopic (exact) mass is 416 g/mol. The van der Waals surface area contributed by atoms with Crippen molar-refractivity contribution < 1.29 is 0 Å². The minimum atomic E-state index is 0.514. The standard InChI is InChI=1S/C20H22Cl2N6/c1-3-23-20(27-13-16-5-6-17(21)10-18(16)22)26-12-15-4-7-19(25-11-15)28-9-8-24-14(28)2/h4-11H,3,12-13H2,1-2H3,(H2,23,26,27). The summed E-state index contributed by atoms with van der Waals surface area (Å²) in [5.41, 5.74) is 1.97. The summed E-state index contributed by atoms with van der Waals surface area (Å²) in [4.78, 5) is 13.3. The number of guanidine groups is 1. The van der Waals surface area contributed by atoms with Crippen molar-refractivity contribution in [2.45, 2.75) is 26.9 Å². The number of rotatable bonds is 6. The summed E-state index contributed by atoms with van der Waals surface area (Å²) in [7, 11) is 0. The van der Waals surface area contributed by atoms with Crippen LogP contribution in [0.3, 0.4) is 0 Å². The second-order valence-electron chi connectivity index (χ2n) is 6.15. The smallest absolute Gasteiger partial charge is 0.191 e. The number of pyridine rings is 1. The summed E-state index contributed by atoms with van der Waals surface area (Å²) >= 11 is 12.2. The van der Waals surface area contributed by atoms with Gasteiger partial charge in [0.2, 0.25) is 0 Å².